The molecule has 0 aromatic carbocycles. The topological polar surface area (TPSA) is 88.9 Å². The maximum Gasteiger partial charge on any atom is 0.324 e. The highest BCUT2D eigenvalue weighted by Crippen LogP contribution is 2.37. The minimum absolute atomic E-state index is 0.0873. The zero-order valence-corrected chi connectivity index (χ0v) is 10.4. The summed E-state index contributed by atoms with van der Waals surface area (Å²) in [5.41, 5.74) is 0.414. The number of hydrogen-bond acceptors (Lipinski definition) is 6. The maximum absolute atomic E-state index is 11.5. The van der Waals surface area contributed by atoms with Crippen molar-refractivity contribution in [1.29, 1.82) is 0 Å². The van der Waals surface area contributed by atoms with Crippen molar-refractivity contribution in [1.82, 2.24) is 9.97 Å². The first-order valence-corrected chi connectivity index (χ1v) is 6.50. The van der Waals surface area contributed by atoms with E-state index in [0.29, 0.717) is 10.2 Å². The van der Waals surface area contributed by atoms with Crippen molar-refractivity contribution < 1.29 is 4.92 Å². The standard InChI is InChI=1S/C10H5N3O3S2/c14-10-9-5(11-4-12-10)3-7(18-9)6-1-2-8(17-6)13(15)16/h1-4H,(H,11,12,14). The van der Waals surface area contributed by atoms with Gasteiger partial charge < -0.3 is 4.98 Å². The van der Waals surface area contributed by atoms with Crippen molar-refractivity contribution >= 4 is 37.9 Å². The van der Waals surface area contributed by atoms with E-state index in [0.717, 1.165) is 21.1 Å². The average Bonchev–Trinajstić information content (AvgIpc) is 2.95. The number of aromatic amines is 1. The van der Waals surface area contributed by atoms with Gasteiger partial charge in [-0.15, -0.1) is 11.3 Å². The monoisotopic (exact) mass is 279 g/mol. The highest BCUT2D eigenvalue weighted by atomic mass is 32.1. The molecule has 0 spiro atoms. The fraction of sp³-hybridized carbons (Fsp3) is 0. The summed E-state index contributed by atoms with van der Waals surface area (Å²) < 4.78 is 0.531. The van der Waals surface area contributed by atoms with Gasteiger partial charge in [0.2, 0.25) is 0 Å². The lowest BCUT2D eigenvalue weighted by Crippen LogP contribution is -2.02. The highest BCUT2D eigenvalue weighted by Gasteiger charge is 2.14. The number of fused-ring (bicyclic) bond motifs is 1. The molecule has 0 aliphatic carbocycles. The summed E-state index contributed by atoms with van der Waals surface area (Å²) in [6.07, 6.45) is 1.35. The molecule has 0 bridgehead atoms. The van der Waals surface area contributed by atoms with Crippen molar-refractivity contribution in [3.05, 3.63) is 45.0 Å². The van der Waals surface area contributed by atoms with Gasteiger partial charge in [-0.25, -0.2) is 4.98 Å². The molecule has 0 aliphatic rings. The van der Waals surface area contributed by atoms with Crippen LogP contribution in [0.2, 0.25) is 0 Å². The first-order chi connectivity index (χ1) is 8.65. The van der Waals surface area contributed by atoms with Crippen molar-refractivity contribution in [2.24, 2.45) is 0 Å². The molecule has 0 aliphatic heterocycles. The molecule has 18 heavy (non-hydrogen) atoms. The molecule has 3 heterocycles. The summed E-state index contributed by atoms with van der Waals surface area (Å²) in [5, 5.41) is 10.7. The number of H-pyrrole nitrogens is 1. The third kappa shape index (κ3) is 1.71. The fourth-order valence-corrected chi connectivity index (χ4v) is 3.45. The second kappa shape index (κ2) is 4.00. The summed E-state index contributed by atoms with van der Waals surface area (Å²) in [6.45, 7) is 0. The molecular formula is C10H5N3O3S2. The van der Waals surface area contributed by atoms with Crippen LogP contribution in [0.1, 0.15) is 0 Å². The lowest BCUT2D eigenvalue weighted by Gasteiger charge is -1.85. The molecule has 0 unspecified atom stereocenters. The van der Waals surface area contributed by atoms with Crippen LogP contribution in [0.25, 0.3) is 20.0 Å². The Hall–Kier alpha value is -2.06. The maximum atomic E-state index is 11.5. The van der Waals surface area contributed by atoms with Crippen LogP contribution in [0.15, 0.2) is 29.3 Å². The van der Waals surface area contributed by atoms with Gasteiger partial charge in [0.25, 0.3) is 5.56 Å². The second-order valence-electron chi connectivity index (χ2n) is 3.45. The van der Waals surface area contributed by atoms with Crippen LogP contribution < -0.4 is 5.56 Å². The van der Waals surface area contributed by atoms with E-state index in [1.807, 2.05) is 0 Å². The Morgan fingerprint density at radius 3 is 2.78 bits per heavy atom. The van der Waals surface area contributed by atoms with E-state index in [1.165, 1.54) is 23.7 Å². The first-order valence-electron chi connectivity index (χ1n) is 4.87. The quantitative estimate of drug-likeness (QED) is 0.576. The van der Waals surface area contributed by atoms with E-state index in [-0.39, 0.29) is 10.6 Å². The van der Waals surface area contributed by atoms with Gasteiger partial charge in [-0.1, -0.05) is 11.3 Å². The predicted octanol–water partition coefficient (Wildman–Crippen LogP) is 2.62. The van der Waals surface area contributed by atoms with Crippen LogP contribution in [-0.4, -0.2) is 14.9 Å². The lowest BCUT2D eigenvalue weighted by molar-refractivity contribution is -0.380. The largest absolute Gasteiger partial charge is 0.324 e. The Bertz CT molecular complexity index is 802. The molecule has 8 heteroatoms. The van der Waals surface area contributed by atoms with Gasteiger partial charge in [0, 0.05) is 10.9 Å². The third-order valence-corrected chi connectivity index (χ3v) is 4.69. The molecular weight excluding hydrogens is 274 g/mol. The third-order valence-electron chi connectivity index (χ3n) is 2.33. The molecule has 0 fully saturated rings. The van der Waals surface area contributed by atoms with Crippen molar-refractivity contribution in [2.45, 2.75) is 0 Å². The number of hydrogen-bond donors (Lipinski definition) is 1. The minimum atomic E-state index is -0.424. The van der Waals surface area contributed by atoms with Crippen LogP contribution in [0.4, 0.5) is 5.00 Å². The minimum Gasteiger partial charge on any atom is -0.312 e. The van der Waals surface area contributed by atoms with Gasteiger partial charge in [0.1, 0.15) is 4.70 Å². The number of thiophene rings is 2. The van der Waals surface area contributed by atoms with E-state index in [2.05, 4.69) is 9.97 Å². The van der Waals surface area contributed by atoms with Gasteiger partial charge >= 0.3 is 5.00 Å². The Kier molecular flexibility index (Phi) is 2.46. The summed E-state index contributed by atoms with van der Waals surface area (Å²) >= 11 is 2.37. The van der Waals surface area contributed by atoms with Crippen LogP contribution in [-0.2, 0) is 0 Å². The highest BCUT2D eigenvalue weighted by molar-refractivity contribution is 7.26. The molecule has 3 rings (SSSR count). The molecule has 0 amide bonds. The summed E-state index contributed by atoms with van der Waals surface area (Å²) in [4.78, 5) is 29.9. The molecule has 0 saturated heterocycles. The molecule has 3 aromatic heterocycles. The average molecular weight is 279 g/mol. The lowest BCUT2D eigenvalue weighted by atomic mass is 10.3. The summed E-state index contributed by atoms with van der Waals surface area (Å²) in [5.74, 6) is 0. The number of nitro groups is 1. The Labute approximate surface area is 108 Å². The van der Waals surface area contributed by atoms with E-state index < -0.39 is 4.92 Å². The number of aromatic nitrogens is 2. The van der Waals surface area contributed by atoms with Crippen LogP contribution in [0, 0.1) is 10.1 Å². The Morgan fingerprint density at radius 2 is 2.11 bits per heavy atom. The van der Waals surface area contributed by atoms with Gasteiger partial charge in [-0.3, -0.25) is 14.9 Å². The predicted molar refractivity (Wildman–Crippen MR) is 70.2 cm³/mol. The Morgan fingerprint density at radius 1 is 1.28 bits per heavy atom. The van der Waals surface area contributed by atoms with Gasteiger partial charge in [-0.05, 0) is 12.1 Å². The molecule has 1 N–H and O–H groups in total. The zero-order valence-electron chi connectivity index (χ0n) is 8.75. The number of nitrogens with zero attached hydrogens (tertiary/aromatic N) is 2. The van der Waals surface area contributed by atoms with Gasteiger partial charge in [-0.2, -0.15) is 0 Å². The first kappa shape index (κ1) is 11.1. The molecule has 90 valence electrons. The molecule has 0 radical (unpaired) electrons. The smallest absolute Gasteiger partial charge is 0.312 e. The van der Waals surface area contributed by atoms with Crippen LogP contribution in [0.3, 0.4) is 0 Å². The van der Waals surface area contributed by atoms with Gasteiger partial charge in [0.15, 0.2) is 0 Å². The van der Waals surface area contributed by atoms with Crippen LogP contribution >= 0.6 is 22.7 Å². The van der Waals surface area contributed by atoms with Crippen molar-refractivity contribution in [3.8, 4) is 9.75 Å². The Balaban J connectivity index is 2.16. The summed E-state index contributed by atoms with van der Waals surface area (Å²) in [7, 11) is 0. The van der Waals surface area contributed by atoms with Crippen LogP contribution in [0.5, 0.6) is 0 Å². The fourth-order valence-electron chi connectivity index (χ4n) is 1.55. The zero-order chi connectivity index (χ0) is 12.7. The second-order valence-corrected chi connectivity index (χ2v) is 5.57. The summed E-state index contributed by atoms with van der Waals surface area (Å²) in [6, 6.07) is 4.91. The van der Waals surface area contributed by atoms with E-state index in [9.17, 15) is 14.9 Å². The van der Waals surface area contributed by atoms with E-state index >= 15 is 0 Å². The van der Waals surface area contributed by atoms with Crippen molar-refractivity contribution in [2.75, 3.05) is 0 Å². The van der Waals surface area contributed by atoms with Gasteiger partial charge in [0.05, 0.1) is 21.6 Å². The van der Waals surface area contributed by atoms with E-state index in [1.54, 1.807) is 12.1 Å². The molecule has 6 nitrogen and oxygen atoms in total. The number of rotatable bonds is 2. The normalized spacial score (nSPS) is 10.9. The van der Waals surface area contributed by atoms with E-state index in [4.69, 9.17) is 0 Å². The molecule has 3 aromatic rings. The molecule has 0 atom stereocenters. The molecule has 0 saturated carbocycles. The van der Waals surface area contributed by atoms with Crippen molar-refractivity contribution in [3.63, 3.8) is 0 Å². The number of nitrogens with one attached hydrogen (secondary N) is 1. The SMILES string of the molecule is O=c1[nH]cnc2cc(-c3ccc([N+](=O)[O-])s3)sc12.